The zero-order valence-corrected chi connectivity index (χ0v) is 18.0. The van der Waals surface area contributed by atoms with Gasteiger partial charge >= 0.3 is 0 Å². The molecule has 0 aliphatic carbocycles. The topological polar surface area (TPSA) is 87.4 Å². The van der Waals surface area contributed by atoms with Gasteiger partial charge in [-0.05, 0) is 55.5 Å². The number of carbonyl (C=O) groups is 1. The van der Waals surface area contributed by atoms with E-state index in [2.05, 4.69) is 5.32 Å². The first-order valence-corrected chi connectivity index (χ1v) is 10.3. The second kappa shape index (κ2) is 8.70. The summed E-state index contributed by atoms with van der Waals surface area (Å²) in [6.45, 7) is 0.713. The normalized spacial score (nSPS) is 11.7. The number of amides is 1. The minimum atomic E-state index is -1.16. The number of nitrogens with zero attached hydrogens (tertiary/aromatic N) is 2. The van der Waals surface area contributed by atoms with Gasteiger partial charge in [0, 0.05) is 16.5 Å². The molecule has 3 N–H and O–H groups in total. The Balaban J connectivity index is 1.88. The van der Waals surface area contributed by atoms with Crippen LogP contribution in [-0.2, 0) is 0 Å². The molecule has 1 amide bonds. The summed E-state index contributed by atoms with van der Waals surface area (Å²) < 4.78 is 15.1. The van der Waals surface area contributed by atoms with Crippen molar-refractivity contribution in [2.75, 3.05) is 13.2 Å². The van der Waals surface area contributed by atoms with Crippen LogP contribution in [0.15, 0.2) is 66.7 Å². The van der Waals surface area contributed by atoms with Gasteiger partial charge in [0.05, 0.1) is 35.0 Å². The number of hydrogen-bond donors (Lipinski definition) is 3. The minimum absolute atomic E-state index is 0.319. The van der Waals surface area contributed by atoms with Gasteiger partial charge in [-0.3, -0.25) is 4.79 Å². The Labute approximate surface area is 188 Å². The number of fused-ring (bicyclic) bond motifs is 1. The number of rotatable bonds is 6. The van der Waals surface area contributed by atoms with Crippen LogP contribution in [0.1, 0.15) is 17.3 Å². The molecular formula is C24H21ClFN3O3. The third-order valence-corrected chi connectivity index (χ3v) is 5.59. The number of carbonyl (C=O) groups excluding carboxylic acids is 1. The van der Waals surface area contributed by atoms with Crippen molar-refractivity contribution in [2.45, 2.75) is 12.5 Å². The predicted octanol–water partition coefficient (Wildman–Crippen LogP) is 3.96. The van der Waals surface area contributed by atoms with Crippen LogP contribution >= 0.6 is 11.6 Å². The largest absolute Gasteiger partial charge is 0.394 e. The van der Waals surface area contributed by atoms with E-state index in [9.17, 15) is 19.4 Å². The number of halogens is 2. The van der Waals surface area contributed by atoms with Crippen LogP contribution in [0.25, 0.3) is 27.8 Å². The van der Waals surface area contributed by atoms with Gasteiger partial charge in [0.25, 0.3) is 5.91 Å². The number of nitrogens with one attached hydrogen (secondary N) is 1. The van der Waals surface area contributed by atoms with Gasteiger partial charge in [-0.15, -0.1) is 0 Å². The van der Waals surface area contributed by atoms with E-state index >= 15 is 0 Å². The van der Waals surface area contributed by atoms with Crippen molar-refractivity contribution >= 4 is 28.4 Å². The number of benzene rings is 3. The first-order valence-electron chi connectivity index (χ1n) is 9.93. The molecular weight excluding hydrogens is 433 g/mol. The Bertz CT molecular complexity index is 1280. The van der Waals surface area contributed by atoms with Crippen LogP contribution in [0.3, 0.4) is 0 Å². The fraction of sp³-hybridized carbons (Fsp3) is 0.167. The Kier molecular flexibility index (Phi) is 5.97. The predicted molar refractivity (Wildman–Crippen MR) is 122 cm³/mol. The van der Waals surface area contributed by atoms with Crippen LogP contribution in [-0.4, -0.2) is 44.7 Å². The highest BCUT2D eigenvalue weighted by Crippen LogP contribution is 2.34. The zero-order chi connectivity index (χ0) is 22.9. The lowest BCUT2D eigenvalue weighted by Crippen LogP contribution is -2.51. The Hall–Kier alpha value is -3.26. The fourth-order valence-corrected chi connectivity index (χ4v) is 3.59. The van der Waals surface area contributed by atoms with E-state index in [1.807, 2.05) is 18.2 Å². The van der Waals surface area contributed by atoms with Crippen molar-refractivity contribution in [1.29, 1.82) is 0 Å². The third kappa shape index (κ3) is 4.10. The lowest BCUT2D eigenvalue weighted by Gasteiger charge is -2.26. The van der Waals surface area contributed by atoms with Gasteiger partial charge < -0.3 is 15.5 Å². The molecule has 3 aromatic carbocycles. The highest BCUT2D eigenvalue weighted by Gasteiger charge is 2.26. The molecule has 6 nitrogen and oxygen atoms in total. The van der Waals surface area contributed by atoms with E-state index in [1.165, 1.54) is 12.1 Å². The fourth-order valence-electron chi connectivity index (χ4n) is 3.36. The Morgan fingerprint density at radius 1 is 1.09 bits per heavy atom. The molecule has 0 aliphatic heterocycles. The maximum absolute atomic E-state index is 13.5. The van der Waals surface area contributed by atoms with Gasteiger partial charge in [-0.25, -0.2) is 9.07 Å². The summed E-state index contributed by atoms with van der Waals surface area (Å²) in [5.41, 5.74) is 1.74. The number of aliphatic hydroxyl groups is 2. The van der Waals surface area contributed by atoms with Crippen LogP contribution in [0.4, 0.5) is 4.39 Å². The Morgan fingerprint density at radius 2 is 1.78 bits per heavy atom. The van der Waals surface area contributed by atoms with Crippen molar-refractivity contribution in [3.05, 3.63) is 83.1 Å². The minimum Gasteiger partial charge on any atom is -0.394 e. The van der Waals surface area contributed by atoms with Crippen LogP contribution in [0.2, 0.25) is 5.02 Å². The lowest BCUT2D eigenvalue weighted by molar-refractivity contribution is 0.0724. The number of aromatic nitrogens is 2. The molecule has 4 aromatic rings. The molecule has 1 heterocycles. The van der Waals surface area contributed by atoms with Gasteiger partial charge in [0.15, 0.2) is 0 Å². The maximum atomic E-state index is 13.5. The quantitative estimate of drug-likeness (QED) is 0.412. The summed E-state index contributed by atoms with van der Waals surface area (Å²) in [6.07, 6.45) is 0. The summed E-state index contributed by atoms with van der Waals surface area (Å²) in [7, 11) is 0. The number of hydrogen-bond acceptors (Lipinski definition) is 4. The summed E-state index contributed by atoms with van der Waals surface area (Å²) in [4.78, 5) is 12.8. The summed E-state index contributed by atoms with van der Waals surface area (Å²) in [5.74, 6) is -0.826. The third-order valence-electron chi connectivity index (χ3n) is 5.26. The molecule has 164 valence electrons. The van der Waals surface area contributed by atoms with E-state index < -0.39 is 24.7 Å². The van der Waals surface area contributed by atoms with Crippen molar-refractivity contribution in [2.24, 2.45) is 0 Å². The summed E-state index contributed by atoms with van der Waals surface area (Å²) in [6, 6.07) is 18.2. The molecule has 0 spiro atoms. The molecule has 0 aliphatic rings. The van der Waals surface area contributed by atoms with E-state index in [-0.39, 0.29) is 5.82 Å². The van der Waals surface area contributed by atoms with E-state index in [0.29, 0.717) is 27.5 Å². The average Bonchev–Trinajstić information content (AvgIpc) is 3.18. The van der Waals surface area contributed by atoms with Gasteiger partial charge in [-0.1, -0.05) is 29.8 Å². The average molecular weight is 454 g/mol. The van der Waals surface area contributed by atoms with E-state index in [0.717, 1.165) is 10.9 Å². The smallest absolute Gasteiger partial charge is 0.251 e. The highest BCUT2D eigenvalue weighted by atomic mass is 35.5. The molecule has 0 saturated carbocycles. The first-order chi connectivity index (χ1) is 15.3. The van der Waals surface area contributed by atoms with Gasteiger partial charge in [0.1, 0.15) is 11.5 Å². The molecule has 8 heteroatoms. The molecule has 0 atom stereocenters. The maximum Gasteiger partial charge on any atom is 0.251 e. The van der Waals surface area contributed by atoms with Crippen molar-refractivity contribution in [1.82, 2.24) is 15.1 Å². The summed E-state index contributed by atoms with van der Waals surface area (Å²) in [5, 5.41) is 27.6. The van der Waals surface area contributed by atoms with Crippen LogP contribution in [0, 0.1) is 5.82 Å². The second-order valence-corrected chi connectivity index (χ2v) is 8.19. The van der Waals surface area contributed by atoms with E-state index in [4.69, 9.17) is 16.7 Å². The van der Waals surface area contributed by atoms with Crippen LogP contribution in [0.5, 0.6) is 0 Å². The van der Waals surface area contributed by atoms with Crippen molar-refractivity contribution in [3.8, 4) is 16.9 Å². The van der Waals surface area contributed by atoms with Crippen LogP contribution < -0.4 is 5.32 Å². The molecule has 0 bridgehead atoms. The summed E-state index contributed by atoms with van der Waals surface area (Å²) >= 11 is 6.41. The molecule has 0 radical (unpaired) electrons. The second-order valence-electron chi connectivity index (χ2n) is 7.78. The van der Waals surface area contributed by atoms with Gasteiger partial charge in [-0.2, -0.15) is 5.10 Å². The Morgan fingerprint density at radius 3 is 2.44 bits per heavy atom. The van der Waals surface area contributed by atoms with Crippen molar-refractivity contribution in [3.63, 3.8) is 0 Å². The lowest BCUT2D eigenvalue weighted by atomic mass is 10.0. The van der Waals surface area contributed by atoms with Gasteiger partial charge in [0.2, 0.25) is 0 Å². The molecule has 1 aromatic heterocycles. The molecule has 0 saturated heterocycles. The number of aliphatic hydroxyl groups excluding tert-OH is 2. The zero-order valence-electron chi connectivity index (χ0n) is 17.2. The molecule has 0 fully saturated rings. The standard InChI is InChI=1S/C24H21ClFN3O3/c1-24(13-30,14-31)27-23(32)15-6-11-19-21(12-15)29(17-9-7-16(26)8-10-17)28-22(19)18-4-2-3-5-20(18)25/h2-12,30-31H,13-14H2,1H3,(H,27,32). The molecule has 0 unspecified atom stereocenters. The first kappa shape index (κ1) is 22.0. The SMILES string of the molecule is CC(CO)(CO)NC(=O)c1ccc2c(-c3ccccc3Cl)nn(-c3ccc(F)cc3)c2c1. The molecule has 32 heavy (non-hydrogen) atoms. The van der Waals surface area contributed by atoms with Crippen molar-refractivity contribution < 1.29 is 19.4 Å². The molecule has 4 rings (SSSR count). The highest BCUT2D eigenvalue weighted by molar-refractivity contribution is 6.33. The van der Waals surface area contributed by atoms with E-state index in [1.54, 1.807) is 48.0 Å². The monoisotopic (exact) mass is 453 g/mol.